The first kappa shape index (κ1) is 7.24. The van der Waals surface area contributed by atoms with E-state index in [1.807, 2.05) is 12.1 Å². The minimum Gasteiger partial charge on any atom is -0.130 e. The van der Waals surface area contributed by atoms with Crippen LogP contribution in [-0.4, -0.2) is 20.2 Å². The first-order valence-corrected chi connectivity index (χ1v) is 3.66. The van der Waals surface area contributed by atoms with Gasteiger partial charge in [-0.3, -0.25) is 0 Å². The quantitative estimate of drug-likeness (QED) is 0.659. The number of aromatic nitrogens is 4. The zero-order valence-electron chi connectivity index (χ0n) is 5.98. The van der Waals surface area contributed by atoms with Crippen molar-refractivity contribution in [3.63, 3.8) is 0 Å². The number of tetrazole rings is 1. The second-order valence-electron chi connectivity index (χ2n) is 2.16. The Labute approximate surface area is 73.8 Å². The van der Waals surface area contributed by atoms with Crippen LogP contribution in [0.5, 0.6) is 0 Å². The molecule has 0 saturated carbocycles. The van der Waals surface area contributed by atoms with Gasteiger partial charge in [-0.1, -0.05) is 17.7 Å². The summed E-state index contributed by atoms with van der Waals surface area (Å²) in [6, 6.07) is 7.19. The van der Waals surface area contributed by atoms with Crippen molar-refractivity contribution in [2.45, 2.75) is 0 Å². The van der Waals surface area contributed by atoms with E-state index in [4.69, 9.17) is 11.6 Å². The molecule has 1 radical (unpaired) electrons. The highest BCUT2D eigenvalue weighted by Crippen LogP contribution is 2.11. The van der Waals surface area contributed by atoms with Crippen molar-refractivity contribution < 1.29 is 0 Å². The molecule has 0 N–H and O–H groups in total. The summed E-state index contributed by atoms with van der Waals surface area (Å²) in [6.45, 7) is 0. The van der Waals surface area contributed by atoms with Gasteiger partial charge in [0.15, 0.2) is 0 Å². The molecule has 2 aromatic rings. The third-order valence-corrected chi connectivity index (χ3v) is 1.59. The smallest absolute Gasteiger partial charge is 0.130 e. The third kappa shape index (κ3) is 1.29. The lowest BCUT2D eigenvalue weighted by molar-refractivity contribution is 0.719. The Balaban J connectivity index is 2.48. The molecule has 59 valence electrons. The van der Waals surface area contributed by atoms with E-state index in [2.05, 4.69) is 21.7 Å². The monoisotopic (exact) mass is 179 g/mol. The summed E-state index contributed by atoms with van der Waals surface area (Å²) in [7, 11) is 0. The van der Waals surface area contributed by atoms with Gasteiger partial charge in [0.1, 0.15) is 0 Å². The van der Waals surface area contributed by atoms with Crippen LogP contribution in [0.25, 0.3) is 5.69 Å². The van der Waals surface area contributed by atoms with Crippen molar-refractivity contribution in [2.75, 3.05) is 0 Å². The van der Waals surface area contributed by atoms with E-state index in [0.29, 0.717) is 5.02 Å². The minimum absolute atomic E-state index is 0.643. The molecule has 0 atom stereocenters. The van der Waals surface area contributed by atoms with Crippen molar-refractivity contribution in [1.82, 2.24) is 20.2 Å². The number of hydrogen-bond donors (Lipinski definition) is 0. The van der Waals surface area contributed by atoms with E-state index in [-0.39, 0.29) is 0 Å². The van der Waals surface area contributed by atoms with Crippen LogP contribution in [0.4, 0.5) is 0 Å². The summed E-state index contributed by atoms with van der Waals surface area (Å²) < 4.78 is 0. The first-order valence-electron chi connectivity index (χ1n) is 3.28. The van der Waals surface area contributed by atoms with Crippen molar-refractivity contribution in [3.05, 3.63) is 35.6 Å². The Morgan fingerprint density at radius 3 is 3.00 bits per heavy atom. The average Bonchev–Trinajstić information content (AvgIpc) is 2.56. The van der Waals surface area contributed by atoms with Crippen LogP contribution in [0.3, 0.4) is 0 Å². The molecule has 2 rings (SSSR count). The van der Waals surface area contributed by atoms with E-state index in [1.54, 1.807) is 12.1 Å². The van der Waals surface area contributed by atoms with Gasteiger partial charge in [-0.2, -0.15) is 0 Å². The van der Waals surface area contributed by atoms with Gasteiger partial charge in [0, 0.05) is 5.02 Å². The summed E-state index contributed by atoms with van der Waals surface area (Å²) >= 11 is 5.76. The van der Waals surface area contributed by atoms with Gasteiger partial charge in [-0.05, 0) is 23.4 Å². The van der Waals surface area contributed by atoms with E-state index in [9.17, 15) is 0 Å². The summed E-state index contributed by atoms with van der Waals surface area (Å²) in [6.07, 6.45) is 2.36. The molecule has 0 amide bonds. The molecule has 4 nitrogen and oxygen atoms in total. The predicted molar refractivity (Wildman–Crippen MR) is 43.0 cm³/mol. The number of halogens is 1. The predicted octanol–water partition coefficient (Wildman–Crippen LogP) is 1.12. The lowest BCUT2D eigenvalue weighted by Crippen LogP contribution is -1.97. The van der Waals surface area contributed by atoms with Gasteiger partial charge in [0.05, 0.1) is 5.69 Å². The molecule has 1 aromatic heterocycles. The Morgan fingerprint density at radius 2 is 2.33 bits per heavy atom. The zero-order chi connectivity index (χ0) is 8.39. The fourth-order valence-corrected chi connectivity index (χ4v) is 1.04. The molecule has 0 spiro atoms. The first-order chi connectivity index (χ1) is 5.86. The molecule has 0 aliphatic heterocycles. The second-order valence-corrected chi connectivity index (χ2v) is 2.60. The van der Waals surface area contributed by atoms with E-state index in [0.717, 1.165) is 5.69 Å². The maximum absolute atomic E-state index is 5.76. The number of hydrogen-bond acceptors (Lipinski definition) is 3. The van der Waals surface area contributed by atoms with Crippen LogP contribution >= 0.6 is 11.6 Å². The van der Waals surface area contributed by atoms with Crippen molar-refractivity contribution >= 4 is 11.6 Å². The molecule has 0 unspecified atom stereocenters. The van der Waals surface area contributed by atoms with Crippen LogP contribution in [0.1, 0.15) is 0 Å². The highest BCUT2D eigenvalue weighted by Gasteiger charge is 1.97. The van der Waals surface area contributed by atoms with Crippen LogP contribution in [0, 0.1) is 6.33 Å². The fraction of sp³-hybridized carbons (Fsp3) is 0. The highest BCUT2D eigenvalue weighted by molar-refractivity contribution is 6.30. The largest absolute Gasteiger partial charge is 0.246 e. The van der Waals surface area contributed by atoms with Crippen LogP contribution in [-0.2, 0) is 0 Å². The molecule has 1 heterocycles. The lowest BCUT2D eigenvalue weighted by Gasteiger charge is -1.96. The summed E-state index contributed by atoms with van der Waals surface area (Å²) in [4.78, 5) is 1.35. The minimum atomic E-state index is 0.643. The van der Waals surface area contributed by atoms with Gasteiger partial charge >= 0.3 is 0 Å². The molecule has 12 heavy (non-hydrogen) atoms. The summed E-state index contributed by atoms with van der Waals surface area (Å²) in [5.74, 6) is 0. The zero-order valence-corrected chi connectivity index (χ0v) is 6.73. The Morgan fingerprint density at radius 1 is 1.42 bits per heavy atom. The van der Waals surface area contributed by atoms with Crippen LogP contribution < -0.4 is 0 Å². The molecular weight excluding hydrogens is 176 g/mol. The SMILES string of the molecule is Clc1cccc(-n2n[c]nn2)c1. The molecule has 1 aromatic carbocycles. The molecule has 0 fully saturated rings. The molecule has 0 aliphatic carbocycles. The maximum atomic E-state index is 5.76. The number of nitrogens with zero attached hydrogens (tertiary/aromatic N) is 4. The van der Waals surface area contributed by atoms with E-state index < -0.39 is 0 Å². The van der Waals surface area contributed by atoms with E-state index in [1.165, 1.54) is 4.80 Å². The van der Waals surface area contributed by atoms with Gasteiger partial charge in [0.2, 0.25) is 6.33 Å². The molecule has 0 aliphatic rings. The lowest BCUT2D eigenvalue weighted by atomic mass is 10.3. The molecule has 0 bridgehead atoms. The van der Waals surface area contributed by atoms with Gasteiger partial charge in [-0.15, -0.1) is 15.0 Å². The van der Waals surface area contributed by atoms with Crippen LogP contribution in [0.2, 0.25) is 5.02 Å². The van der Waals surface area contributed by atoms with E-state index >= 15 is 0 Å². The standard InChI is InChI=1S/C7H4ClN4/c8-6-2-1-3-7(4-6)12-10-5-9-11-12/h1-4H. The van der Waals surface area contributed by atoms with Crippen molar-refractivity contribution in [2.24, 2.45) is 0 Å². The van der Waals surface area contributed by atoms with Gasteiger partial charge < -0.3 is 0 Å². The highest BCUT2D eigenvalue weighted by atomic mass is 35.5. The Hall–Kier alpha value is -1.42. The van der Waals surface area contributed by atoms with Gasteiger partial charge in [0.25, 0.3) is 0 Å². The average molecular weight is 180 g/mol. The second kappa shape index (κ2) is 2.91. The fourth-order valence-electron chi connectivity index (χ4n) is 0.855. The third-order valence-electron chi connectivity index (χ3n) is 1.35. The van der Waals surface area contributed by atoms with Gasteiger partial charge in [-0.25, -0.2) is 0 Å². The van der Waals surface area contributed by atoms with Crippen molar-refractivity contribution in [3.8, 4) is 5.69 Å². The topological polar surface area (TPSA) is 43.6 Å². The Bertz CT molecular complexity index is 371. The number of rotatable bonds is 1. The summed E-state index contributed by atoms with van der Waals surface area (Å²) in [5, 5.41) is 11.5. The Kier molecular flexibility index (Phi) is 1.75. The summed E-state index contributed by atoms with van der Waals surface area (Å²) in [5.41, 5.74) is 0.774. The normalized spacial score (nSPS) is 10.1. The maximum Gasteiger partial charge on any atom is 0.246 e. The number of benzene rings is 1. The van der Waals surface area contributed by atoms with Crippen molar-refractivity contribution in [1.29, 1.82) is 0 Å². The molecule has 0 saturated heterocycles. The molecular formula is C7H4ClN4. The molecule has 5 heteroatoms. The van der Waals surface area contributed by atoms with Crippen LogP contribution in [0.15, 0.2) is 24.3 Å².